The van der Waals surface area contributed by atoms with Crippen LogP contribution in [0.1, 0.15) is 10.5 Å². The number of aromatic nitrogens is 2. The Morgan fingerprint density at radius 2 is 1.92 bits per heavy atom. The first kappa shape index (κ1) is 9.79. The molecular weight excluding hydrogens is 197 g/mol. The van der Waals surface area contributed by atoms with Crippen molar-refractivity contribution in [3.63, 3.8) is 0 Å². The van der Waals surface area contributed by atoms with Gasteiger partial charge in [0.1, 0.15) is 0 Å². The highest BCUT2D eigenvalue weighted by atomic mass is 31.2. The van der Waals surface area contributed by atoms with Crippen LogP contribution in [0, 0.1) is 0 Å². The molecule has 8 heteroatoms. The summed E-state index contributed by atoms with van der Waals surface area (Å²) in [5.41, 5.74) is 3.63. The van der Waals surface area contributed by atoms with Crippen LogP contribution in [0.2, 0.25) is 0 Å². The Morgan fingerprint density at radius 1 is 1.38 bits per heavy atom. The summed E-state index contributed by atoms with van der Waals surface area (Å²) in [5.74, 6) is -1.02. The number of hydrogen-bond acceptors (Lipinski definition) is 4. The van der Waals surface area contributed by atoms with E-state index in [2.05, 4.69) is 9.97 Å². The van der Waals surface area contributed by atoms with Crippen LogP contribution in [-0.2, 0) is 4.57 Å². The molecule has 1 rings (SSSR count). The summed E-state index contributed by atoms with van der Waals surface area (Å²) < 4.78 is 10.7. The molecule has 1 aromatic rings. The molecule has 0 aromatic carbocycles. The van der Waals surface area contributed by atoms with E-state index in [0.29, 0.717) is 0 Å². The third kappa shape index (κ3) is 2.09. The van der Waals surface area contributed by atoms with E-state index in [1.807, 2.05) is 0 Å². The van der Waals surface area contributed by atoms with Gasteiger partial charge in [0.25, 0.3) is 5.91 Å². The fourth-order valence-corrected chi connectivity index (χ4v) is 1.38. The smallest absolute Gasteiger partial charge is 0.364 e. The minimum Gasteiger partial charge on any atom is -0.364 e. The van der Waals surface area contributed by atoms with Crippen molar-refractivity contribution in [2.24, 2.45) is 5.73 Å². The molecule has 0 unspecified atom stereocenters. The number of hydrogen-bond donors (Lipinski definition) is 3. The SMILES string of the molecule is NC(=O)c1nccnc1P(=O)(O)O. The van der Waals surface area contributed by atoms with Gasteiger partial charge in [0, 0.05) is 12.4 Å². The van der Waals surface area contributed by atoms with Gasteiger partial charge in [0.05, 0.1) is 0 Å². The topological polar surface area (TPSA) is 126 Å². The first-order chi connectivity index (χ1) is 5.93. The summed E-state index contributed by atoms with van der Waals surface area (Å²) in [6, 6.07) is 0. The first-order valence-corrected chi connectivity index (χ1v) is 4.71. The van der Waals surface area contributed by atoms with E-state index in [9.17, 15) is 9.36 Å². The van der Waals surface area contributed by atoms with Gasteiger partial charge in [0.15, 0.2) is 11.1 Å². The predicted octanol–water partition coefficient (Wildman–Crippen LogP) is -1.62. The number of nitrogens with zero attached hydrogens (tertiary/aromatic N) is 2. The van der Waals surface area contributed by atoms with E-state index in [-0.39, 0.29) is 0 Å². The summed E-state index contributed by atoms with van der Waals surface area (Å²) in [6.45, 7) is 0. The van der Waals surface area contributed by atoms with Crippen molar-refractivity contribution >= 4 is 18.9 Å². The monoisotopic (exact) mass is 203 g/mol. The summed E-state index contributed by atoms with van der Waals surface area (Å²) >= 11 is 0. The highest BCUT2D eigenvalue weighted by molar-refractivity contribution is 7.60. The Bertz CT molecular complexity index is 387. The Morgan fingerprint density at radius 3 is 2.31 bits per heavy atom. The molecule has 0 radical (unpaired) electrons. The average Bonchev–Trinajstić information content (AvgIpc) is 2.03. The van der Waals surface area contributed by atoms with E-state index >= 15 is 0 Å². The lowest BCUT2D eigenvalue weighted by molar-refractivity contribution is 0.0996. The molecule has 1 aromatic heterocycles. The van der Waals surface area contributed by atoms with E-state index in [0.717, 1.165) is 12.4 Å². The van der Waals surface area contributed by atoms with Crippen LogP contribution in [-0.4, -0.2) is 25.7 Å². The minimum atomic E-state index is -4.58. The summed E-state index contributed by atoms with van der Waals surface area (Å²) in [7, 11) is -4.58. The predicted molar refractivity (Wildman–Crippen MR) is 42.2 cm³/mol. The van der Waals surface area contributed by atoms with Crippen LogP contribution in [0.25, 0.3) is 0 Å². The van der Waals surface area contributed by atoms with Gasteiger partial charge in [0.2, 0.25) is 0 Å². The lowest BCUT2D eigenvalue weighted by atomic mass is 10.4. The van der Waals surface area contributed by atoms with Gasteiger partial charge in [-0.05, 0) is 0 Å². The molecule has 0 spiro atoms. The average molecular weight is 203 g/mol. The van der Waals surface area contributed by atoms with Crippen LogP contribution in [0.5, 0.6) is 0 Å². The second-order valence-electron chi connectivity index (χ2n) is 2.14. The number of carbonyl (C=O) groups is 1. The van der Waals surface area contributed by atoms with Crippen LogP contribution < -0.4 is 11.2 Å². The molecule has 0 fully saturated rings. The molecule has 70 valence electrons. The highest BCUT2D eigenvalue weighted by Gasteiger charge is 2.26. The van der Waals surface area contributed by atoms with Gasteiger partial charge < -0.3 is 15.5 Å². The molecule has 0 aliphatic rings. The van der Waals surface area contributed by atoms with Gasteiger partial charge in [-0.2, -0.15) is 0 Å². The van der Waals surface area contributed by atoms with Gasteiger partial charge in [-0.3, -0.25) is 9.36 Å². The molecule has 7 nitrogen and oxygen atoms in total. The molecule has 13 heavy (non-hydrogen) atoms. The summed E-state index contributed by atoms with van der Waals surface area (Å²) in [6.07, 6.45) is 2.19. The van der Waals surface area contributed by atoms with Gasteiger partial charge in [-0.15, -0.1) is 0 Å². The summed E-state index contributed by atoms with van der Waals surface area (Å²) in [5, 5.41) is 0. The molecule has 0 saturated heterocycles. The number of rotatable bonds is 2. The van der Waals surface area contributed by atoms with E-state index < -0.39 is 24.6 Å². The van der Waals surface area contributed by atoms with Gasteiger partial charge in [-0.1, -0.05) is 0 Å². The van der Waals surface area contributed by atoms with Crippen LogP contribution in [0.3, 0.4) is 0 Å². The quantitative estimate of drug-likeness (QED) is 0.495. The Balaban J connectivity index is 3.37. The molecule has 4 N–H and O–H groups in total. The third-order valence-electron chi connectivity index (χ3n) is 1.19. The van der Waals surface area contributed by atoms with Crippen molar-refractivity contribution < 1.29 is 19.1 Å². The van der Waals surface area contributed by atoms with E-state index in [1.165, 1.54) is 0 Å². The Hall–Kier alpha value is -1.30. The zero-order chi connectivity index (χ0) is 10.1. The minimum absolute atomic E-state index is 0.504. The molecule has 0 aliphatic carbocycles. The second-order valence-corrected chi connectivity index (χ2v) is 3.65. The van der Waals surface area contributed by atoms with Crippen LogP contribution >= 0.6 is 7.60 Å². The van der Waals surface area contributed by atoms with Crippen molar-refractivity contribution in [1.82, 2.24) is 9.97 Å². The lowest BCUT2D eigenvalue weighted by Gasteiger charge is -2.04. The summed E-state index contributed by atoms with van der Waals surface area (Å²) in [4.78, 5) is 34.8. The van der Waals surface area contributed by atoms with Crippen molar-refractivity contribution in [2.75, 3.05) is 0 Å². The van der Waals surface area contributed by atoms with Crippen molar-refractivity contribution in [2.45, 2.75) is 0 Å². The van der Waals surface area contributed by atoms with Crippen molar-refractivity contribution in [3.8, 4) is 0 Å². The van der Waals surface area contributed by atoms with Crippen molar-refractivity contribution in [1.29, 1.82) is 0 Å². The number of nitrogens with two attached hydrogens (primary N) is 1. The molecule has 0 saturated carbocycles. The molecule has 1 amide bonds. The van der Waals surface area contributed by atoms with Gasteiger partial charge in [-0.25, -0.2) is 9.97 Å². The molecular formula is C5H6N3O4P. The zero-order valence-corrected chi connectivity index (χ0v) is 7.18. The fourth-order valence-electron chi connectivity index (χ4n) is 0.718. The Kier molecular flexibility index (Phi) is 2.42. The molecule has 1 heterocycles. The highest BCUT2D eigenvalue weighted by Crippen LogP contribution is 2.32. The zero-order valence-electron chi connectivity index (χ0n) is 6.28. The van der Waals surface area contributed by atoms with Crippen LogP contribution in [0.15, 0.2) is 12.4 Å². The standard InChI is InChI=1S/C5H6N3O4P/c6-4(9)3-5(13(10,11)12)8-2-1-7-3/h1-2H,(H2,6,9)(H2,10,11,12). The number of amides is 1. The first-order valence-electron chi connectivity index (χ1n) is 3.10. The van der Waals surface area contributed by atoms with Crippen LogP contribution in [0.4, 0.5) is 0 Å². The Labute approximate surface area is 72.8 Å². The number of carbonyl (C=O) groups excluding carboxylic acids is 1. The lowest BCUT2D eigenvalue weighted by Crippen LogP contribution is -2.25. The second kappa shape index (κ2) is 3.21. The normalized spacial score (nSPS) is 11.2. The molecule has 0 aliphatic heterocycles. The maximum Gasteiger partial charge on any atom is 0.376 e. The molecule has 0 bridgehead atoms. The maximum absolute atomic E-state index is 10.7. The largest absolute Gasteiger partial charge is 0.376 e. The van der Waals surface area contributed by atoms with E-state index in [1.54, 1.807) is 0 Å². The van der Waals surface area contributed by atoms with Crippen molar-refractivity contribution in [3.05, 3.63) is 18.1 Å². The third-order valence-corrected chi connectivity index (χ3v) is 2.07. The van der Waals surface area contributed by atoms with E-state index in [4.69, 9.17) is 15.5 Å². The number of primary amides is 1. The fraction of sp³-hybridized carbons (Fsp3) is 0. The van der Waals surface area contributed by atoms with Gasteiger partial charge >= 0.3 is 7.60 Å². The molecule has 0 atom stereocenters. The maximum atomic E-state index is 10.7.